The SMILES string of the molecule is CC(=O)O.CN=CC(=O)O.[KH]. The van der Waals surface area contributed by atoms with Crippen molar-refractivity contribution in [3.05, 3.63) is 0 Å². The molecule has 0 aromatic heterocycles. The number of nitrogens with zero attached hydrogens (tertiary/aromatic N) is 1. The number of hydrogen-bond donors (Lipinski definition) is 2. The molecule has 0 aromatic rings. The summed E-state index contributed by atoms with van der Waals surface area (Å²) in [6.45, 7) is 1.08. The van der Waals surface area contributed by atoms with Crippen LogP contribution in [0.2, 0.25) is 0 Å². The molecule has 0 radical (unpaired) electrons. The van der Waals surface area contributed by atoms with Crippen molar-refractivity contribution in [3.63, 3.8) is 0 Å². The van der Waals surface area contributed by atoms with Crippen LogP contribution in [-0.4, -0.2) is 86.8 Å². The Labute approximate surface area is 107 Å². The first-order valence-electron chi connectivity index (χ1n) is 2.35. The molecule has 0 saturated carbocycles. The van der Waals surface area contributed by atoms with E-state index in [1.165, 1.54) is 7.05 Å². The predicted octanol–water partition coefficient (Wildman–Crippen LogP) is -0.786. The summed E-state index contributed by atoms with van der Waals surface area (Å²) < 4.78 is 0. The van der Waals surface area contributed by atoms with Gasteiger partial charge in [-0.1, -0.05) is 0 Å². The number of aliphatic imine (C=N–C) groups is 1. The van der Waals surface area contributed by atoms with Gasteiger partial charge < -0.3 is 10.2 Å². The Kier molecular flexibility index (Phi) is 20.3. The van der Waals surface area contributed by atoms with Gasteiger partial charge in [0.15, 0.2) is 0 Å². The molecule has 0 heterocycles. The summed E-state index contributed by atoms with van der Waals surface area (Å²) in [5.41, 5.74) is 0. The topological polar surface area (TPSA) is 87.0 Å². The molecule has 0 bridgehead atoms. The number of carboxylic acid groups (broad SMARTS) is 2. The molecular weight excluding hydrogens is 177 g/mol. The molecule has 2 N–H and O–H groups in total. The third-order valence-corrected chi connectivity index (χ3v) is 0.240. The molecule has 0 fully saturated rings. The van der Waals surface area contributed by atoms with Gasteiger partial charge in [-0.3, -0.25) is 9.79 Å². The van der Waals surface area contributed by atoms with Crippen LogP contribution in [0.3, 0.4) is 0 Å². The first kappa shape index (κ1) is 17.4. The monoisotopic (exact) mass is 187 g/mol. The van der Waals surface area contributed by atoms with E-state index in [4.69, 9.17) is 15.0 Å². The zero-order valence-electron chi connectivity index (χ0n) is 5.74. The maximum absolute atomic E-state index is 9.45. The fourth-order valence-corrected chi connectivity index (χ4v) is 0.110. The molecule has 6 heteroatoms. The van der Waals surface area contributed by atoms with E-state index in [1.54, 1.807) is 0 Å². The Morgan fingerprint density at radius 3 is 1.64 bits per heavy atom. The van der Waals surface area contributed by atoms with Crippen LogP contribution in [-0.2, 0) is 9.59 Å². The van der Waals surface area contributed by atoms with Gasteiger partial charge in [-0.05, 0) is 0 Å². The van der Waals surface area contributed by atoms with Gasteiger partial charge in [0, 0.05) is 14.0 Å². The fraction of sp³-hybridized carbons (Fsp3) is 0.400. The van der Waals surface area contributed by atoms with Crippen LogP contribution in [0, 0.1) is 0 Å². The van der Waals surface area contributed by atoms with Crippen LogP contribution >= 0.6 is 0 Å². The summed E-state index contributed by atoms with van der Waals surface area (Å²) in [7, 11) is 1.41. The Morgan fingerprint density at radius 1 is 1.36 bits per heavy atom. The van der Waals surface area contributed by atoms with E-state index in [-0.39, 0.29) is 51.4 Å². The summed E-state index contributed by atoms with van der Waals surface area (Å²) in [5.74, 6) is -1.84. The second-order valence-electron chi connectivity index (χ2n) is 1.24. The maximum atomic E-state index is 9.45. The van der Waals surface area contributed by atoms with Crippen LogP contribution in [0.4, 0.5) is 0 Å². The van der Waals surface area contributed by atoms with E-state index >= 15 is 0 Å². The molecular formula is C5H10KNO4. The number of carbonyl (C=O) groups is 2. The fourth-order valence-electron chi connectivity index (χ4n) is 0.110. The van der Waals surface area contributed by atoms with Crippen molar-refractivity contribution in [1.82, 2.24) is 0 Å². The molecule has 60 valence electrons. The summed E-state index contributed by atoms with van der Waals surface area (Å²) in [4.78, 5) is 21.7. The molecule has 0 saturated heterocycles. The Hall–Kier alpha value is 0.246. The molecule has 0 aliphatic rings. The normalized spacial score (nSPS) is 7.45. The van der Waals surface area contributed by atoms with Gasteiger partial charge in [0.25, 0.3) is 5.97 Å². The van der Waals surface area contributed by atoms with Crippen molar-refractivity contribution < 1.29 is 19.8 Å². The first-order chi connectivity index (χ1) is 4.50. The molecule has 0 spiro atoms. The Balaban J connectivity index is -0.000000114. The van der Waals surface area contributed by atoms with Gasteiger partial charge in [0.1, 0.15) is 6.21 Å². The second-order valence-corrected chi connectivity index (χ2v) is 1.24. The van der Waals surface area contributed by atoms with Crippen LogP contribution in [0.25, 0.3) is 0 Å². The molecule has 0 aliphatic carbocycles. The predicted molar refractivity (Wildman–Crippen MR) is 42.5 cm³/mol. The molecule has 11 heavy (non-hydrogen) atoms. The second kappa shape index (κ2) is 12.9. The third-order valence-electron chi connectivity index (χ3n) is 0.240. The molecule has 5 nitrogen and oxygen atoms in total. The van der Waals surface area contributed by atoms with Crippen LogP contribution in [0.1, 0.15) is 6.92 Å². The standard InChI is InChI=1S/C3H5NO2.C2H4O2.K.H/c1-4-2-3(5)6;1-2(3)4;;/h2H,1H3,(H,5,6);1H3,(H,3,4);;. The molecule has 0 rings (SSSR count). The minimum absolute atomic E-state index is 0. The summed E-state index contributed by atoms with van der Waals surface area (Å²) in [5, 5.41) is 15.2. The number of hydrogen-bond acceptors (Lipinski definition) is 3. The van der Waals surface area contributed by atoms with E-state index < -0.39 is 11.9 Å². The summed E-state index contributed by atoms with van der Waals surface area (Å²) >= 11 is 0. The Morgan fingerprint density at radius 2 is 1.64 bits per heavy atom. The molecule has 0 amide bonds. The Bertz CT molecular complexity index is 141. The van der Waals surface area contributed by atoms with Crippen molar-refractivity contribution in [3.8, 4) is 0 Å². The van der Waals surface area contributed by atoms with E-state index in [0.29, 0.717) is 0 Å². The summed E-state index contributed by atoms with van der Waals surface area (Å²) in [6, 6.07) is 0. The van der Waals surface area contributed by atoms with Gasteiger partial charge in [0.2, 0.25) is 0 Å². The average molecular weight is 187 g/mol. The van der Waals surface area contributed by atoms with Crippen molar-refractivity contribution in [2.24, 2.45) is 4.99 Å². The average Bonchev–Trinajstić information content (AvgIpc) is 1.62. The van der Waals surface area contributed by atoms with Crippen LogP contribution < -0.4 is 0 Å². The quantitative estimate of drug-likeness (QED) is 0.416. The van der Waals surface area contributed by atoms with Gasteiger partial charge in [-0.15, -0.1) is 0 Å². The number of carboxylic acids is 2. The third kappa shape index (κ3) is 66.1. The number of aliphatic carboxylic acids is 2. The first-order valence-corrected chi connectivity index (χ1v) is 2.35. The van der Waals surface area contributed by atoms with Gasteiger partial charge in [-0.2, -0.15) is 0 Å². The molecule has 0 atom stereocenters. The van der Waals surface area contributed by atoms with Crippen LogP contribution in [0.5, 0.6) is 0 Å². The van der Waals surface area contributed by atoms with Gasteiger partial charge >= 0.3 is 57.4 Å². The van der Waals surface area contributed by atoms with E-state index in [2.05, 4.69) is 4.99 Å². The van der Waals surface area contributed by atoms with Crippen molar-refractivity contribution >= 4 is 69.5 Å². The van der Waals surface area contributed by atoms with Crippen molar-refractivity contribution in [2.75, 3.05) is 7.05 Å². The van der Waals surface area contributed by atoms with Crippen LogP contribution in [0.15, 0.2) is 4.99 Å². The molecule has 0 unspecified atom stereocenters. The van der Waals surface area contributed by atoms with Crippen molar-refractivity contribution in [2.45, 2.75) is 6.92 Å². The van der Waals surface area contributed by atoms with Crippen molar-refractivity contribution in [1.29, 1.82) is 0 Å². The molecule has 0 aliphatic heterocycles. The summed E-state index contributed by atoms with van der Waals surface area (Å²) in [6.07, 6.45) is 0.833. The van der Waals surface area contributed by atoms with Gasteiger partial charge in [0.05, 0.1) is 0 Å². The van der Waals surface area contributed by atoms with E-state index in [1.807, 2.05) is 0 Å². The zero-order chi connectivity index (χ0) is 8.57. The minimum atomic E-state index is -1.00. The van der Waals surface area contributed by atoms with Gasteiger partial charge in [-0.25, -0.2) is 4.79 Å². The molecule has 0 aromatic carbocycles. The van der Waals surface area contributed by atoms with E-state index in [9.17, 15) is 4.79 Å². The zero-order valence-corrected chi connectivity index (χ0v) is 5.74. The van der Waals surface area contributed by atoms with E-state index in [0.717, 1.165) is 13.1 Å². The number of rotatable bonds is 1.